The minimum Gasteiger partial charge on any atom is -0.392 e. The van der Waals surface area contributed by atoms with Crippen LogP contribution in [-0.4, -0.2) is 35.5 Å². The average Bonchev–Trinajstić information content (AvgIpc) is 2.94. The molecule has 1 aliphatic rings. The number of anilines is 2. The highest BCUT2D eigenvalue weighted by atomic mass is 32.2. The van der Waals surface area contributed by atoms with Crippen LogP contribution in [0.25, 0.3) is 10.9 Å². The maximum absolute atomic E-state index is 9.48. The number of rotatable bonds is 5. The molecule has 0 saturated carbocycles. The lowest BCUT2D eigenvalue weighted by Crippen LogP contribution is -2.25. The van der Waals surface area contributed by atoms with Gasteiger partial charge in [-0.05, 0) is 29.3 Å². The highest BCUT2D eigenvalue weighted by Gasteiger charge is 2.17. The van der Waals surface area contributed by atoms with Gasteiger partial charge in [0.1, 0.15) is 5.82 Å². The molecule has 0 saturated heterocycles. The first-order chi connectivity index (χ1) is 13.3. The van der Waals surface area contributed by atoms with Gasteiger partial charge in [-0.3, -0.25) is 0 Å². The molecule has 0 spiro atoms. The van der Waals surface area contributed by atoms with Gasteiger partial charge in [-0.25, -0.2) is 4.98 Å². The second kappa shape index (κ2) is 8.17. The lowest BCUT2D eigenvalue weighted by molar-refractivity contribution is 0.282. The molecule has 0 amide bonds. The summed E-state index contributed by atoms with van der Waals surface area (Å²) >= 11 is 1.91. The van der Waals surface area contributed by atoms with E-state index < -0.39 is 0 Å². The number of aromatic nitrogens is 1. The molecule has 0 aliphatic carbocycles. The zero-order valence-corrected chi connectivity index (χ0v) is 16.0. The summed E-state index contributed by atoms with van der Waals surface area (Å²) < 4.78 is 0. The second-order valence-electron chi connectivity index (χ2n) is 6.63. The Labute approximate surface area is 163 Å². The highest BCUT2D eigenvalue weighted by molar-refractivity contribution is 7.99. The van der Waals surface area contributed by atoms with E-state index in [2.05, 4.69) is 40.5 Å². The minimum absolute atomic E-state index is 0.0220. The highest BCUT2D eigenvalue weighted by Crippen LogP contribution is 2.32. The van der Waals surface area contributed by atoms with Crippen LogP contribution in [0.2, 0.25) is 0 Å². The fourth-order valence-electron chi connectivity index (χ4n) is 3.39. The van der Waals surface area contributed by atoms with E-state index in [4.69, 9.17) is 10.7 Å². The lowest BCUT2D eigenvalue weighted by Gasteiger charge is -2.23. The van der Waals surface area contributed by atoms with Gasteiger partial charge in [0, 0.05) is 54.0 Å². The van der Waals surface area contributed by atoms with Gasteiger partial charge in [0.25, 0.3) is 0 Å². The molecule has 0 fully saturated rings. The summed E-state index contributed by atoms with van der Waals surface area (Å²) in [5.74, 6) is 2.00. The zero-order valence-electron chi connectivity index (χ0n) is 15.2. The van der Waals surface area contributed by atoms with Crippen LogP contribution < -0.4 is 16.0 Å². The van der Waals surface area contributed by atoms with E-state index in [9.17, 15) is 5.11 Å². The summed E-state index contributed by atoms with van der Waals surface area (Å²) in [6.07, 6.45) is 0. The number of fused-ring (bicyclic) bond motifs is 2. The van der Waals surface area contributed by atoms with E-state index in [1.165, 1.54) is 10.5 Å². The van der Waals surface area contributed by atoms with Gasteiger partial charge < -0.3 is 21.1 Å². The third-order valence-electron chi connectivity index (χ3n) is 4.78. The van der Waals surface area contributed by atoms with Crippen LogP contribution in [0.3, 0.4) is 0 Å². The molecule has 3 aromatic rings. The molecule has 4 rings (SSSR count). The van der Waals surface area contributed by atoms with Crippen molar-refractivity contribution in [3.8, 4) is 0 Å². The zero-order chi connectivity index (χ0) is 18.6. The van der Waals surface area contributed by atoms with Crippen molar-refractivity contribution >= 4 is 34.2 Å². The number of nitrogens with zero attached hydrogens (tertiary/aromatic N) is 2. The van der Waals surface area contributed by atoms with Crippen LogP contribution >= 0.6 is 11.8 Å². The summed E-state index contributed by atoms with van der Waals surface area (Å²) in [6, 6.07) is 16.6. The molecule has 4 N–H and O–H groups in total. The van der Waals surface area contributed by atoms with Crippen molar-refractivity contribution in [1.82, 2.24) is 4.98 Å². The normalized spacial score (nSPS) is 14.1. The van der Waals surface area contributed by atoms with Crippen molar-refractivity contribution in [3.05, 3.63) is 59.7 Å². The van der Waals surface area contributed by atoms with Gasteiger partial charge in [-0.15, -0.1) is 11.8 Å². The van der Waals surface area contributed by atoms with Gasteiger partial charge in [-0.2, -0.15) is 0 Å². The second-order valence-corrected chi connectivity index (χ2v) is 7.77. The Kier molecular flexibility index (Phi) is 5.48. The van der Waals surface area contributed by atoms with E-state index in [0.717, 1.165) is 46.8 Å². The predicted molar refractivity (Wildman–Crippen MR) is 113 cm³/mol. The standard InChI is InChI=1S/C21H24N4OS/c22-7-8-23-19-12-21(24-18-6-5-15(14-26)11-17(18)19)25-9-10-27-20-4-2-1-3-16(20)13-25/h1-6,11-12,26H,7-10,13-14,22H2,(H,23,24). The molecule has 6 heteroatoms. The number of benzene rings is 2. The molecule has 27 heavy (non-hydrogen) atoms. The third-order valence-corrected chi connectivity index (χ3v) is 5.87. The maximum Gasteiger partial charge on any atom is 0.131 e. The number of nitrogens with two attached hydrogens (primary N) is 1. The van der Waals surface area contributed by atoms with Crippen molar-refractivity contribution in [1.29, 1.82) is 0 Å². The number of thioether (sulfide) groups is 1. The first-order valence-corrected chi connectivity index (χ1v) is 10.2. The number of aliphatic hydroxyl groups is 1. The Balaban J connectivity index is 1.75. The fourth-order valence-corrected chi connectivity index (χ4v) is 4.42. The molecule has 0 unspecified atom stereocenters. The Hall–Kier alpha value is -2.28. The lowest BCUT2D eigenvalue weighted by atomic mass is 10.1. The van der Waals surface area contributed by atoms with Crippen LogP contribution in [0, 0.1) is 0 Å². The van der Waals surface area contributed by atoms with Crippen LogP contribution in [0.4, 0.5) is 11.5 Å². The van der Waals surface area contributed by atoms with Gasteiger partial charge in [0.2, 0.25) is 0 Å². The monoisotopic (exact) mass is 380 g/mol. The van der Waals surface area contributed by atoms with E-state index in [-0.39, 0.29) is 6.61 Å². The SMILES string of the molecule is NCCNc1cc(N2CCSc3ccccc3C2)nc2ccc(CO)cc12. The molecular formula is C21H24N4OS. The summed E-state index contributed by atoms with van der Waals surface area (Å²) in [7, 11) is 0. The molecule has 2 heterocycles. The Morgan fingerprint density at radius 3 is 2.93 bits per heavy atom. The maximum atomic E-state index is 9.48. The molecule has 0 bridgehead atoms. The summed E-state index contributed by atoms with van der Waals surface area (Å²) in [5.41, 5.74) is 9.86. The molecule has 2 aromatic carbocycles. The fraction of sp³-hybridized carbons (Fsp3) is 0.286. The molecule has 140 valence electrons. The van der Waals surface area contributed by atoms with Crippen molar-refractivity contribution in [2.24, 2.45) is 5.73 Å². The molecular weight excluding hydrogens is 356 g/mol. The third kappa shape index (κ3) is 3.88. The summed E-state index contributed by atoms with van der Waals surface area (Å²) in [6.45, 7) is 3.08. The summed E-state index contributed by atoms with van der Waals surface area (Å²) in [4.78, 5) is 8.62. The van der Waals surface area contributed by atoms with Crippen LogP contribution in [0.5, 0.6) is 0 Å². The van der Waals surface area contributed by atoms with E-state index in [0.29, 0.717) is 13.1 Å². The van der Waals surface area contributed by atoms with Crippen molar-refractivity contribution in [3.63, 3.8) is 0 Å². The molecule has 1 aliphatic heterocycles. The van der Waals surface area contributed by atoms with E-state index >= 15 is 0 Å². The number of hydrogen-bond acceptors (Lipinski definition) is 6. The molecule has 0 atom stereocenters. The van der Waals surface area contributed by atoms with Crippen molar-refractivity contribution < 1.29 is 5.11 Å². The quantitative estimate of drug-likeness (QED) is 0.631. The van der Waals surface area contributed by atoms with Gasteiger partial charge in [0.05, 0.1) is 12.1 Å². The first-order valence-electron chi connectivity index (χ1n) is 9.22. The van der Waals surface area contributed by atoms with Crippen LogP contribution in [-0.2, 0) is 13.2 Å². The largest absolute Gasteiger partial charge is 0.392 e. The molecule has 5 nitrogen and oxygen atoms in total. The van der Waals surface area contributed by atoms with Gasteiger partial charge in [-0.1, -0.05) is 24.3 Å². The Morgan fingerprint density at radius 1 is 1.19 bits per heavy atom. The van der Waals surface area contributed by atoms with Crippen molar-refractivity contribution in [2.75, 3.05) is 35.6 Å². The van der Waals surface area contributed by atoms with Gasteiger partial charge >= 0.3 is 0 Å². The summed E-state index contributed by atoms with van der Waals surface area (Å²) in [5, 5.41) is 13.9. The predicted octanol–water partition coefficient (Wildman–Crippen LogP) is 3.21. The van der Waals surface area contributed by atoms with Crippen LogP contribution in [0.15, 0.2) is 53.4 Å². The van der Waals surface area contributed by atoms with Gasteiger partial charge in [0.15, 0.2) is 0 Å². The molecule has 0 radical (unpaired) electrons. The smallest absolute Gasteiger partial charge is 0.131 e. The number of aliphatic hydroxyl groups excluding tert-OH is 1. The topological polar surface area (TPSA) is 74.4 Å². The van der Waals surface area contributed by atoms with Crippen molar-refractivity contribution in [2.45, 2.75) is 18.0 Å². The average molecular weight is 381 g/mol. The minimum atomic E-state index is 0.0220. The Morgan fingerprint density at radius 2 is 2.07 bits per heavy atom. The number of nitrogens with one attached hydrogen (secondary N) is 1. The number of pyridine rings is 1. The van der Waals surface area contributed by atoms with Crippen LogP contribution in [0.1, 0.15) is 11.1 Å². The van der Waals surface area contributed by atoms with E-state index in [1.807, 2.05) is 30.0 Å². The Bertz CT molecular complexity index is 947. The van der Waals surface area contributed by atoms with E-state index in [1.54, 1.807) is 0 Å². The molecule has 1 aromatic heterocycles. The first kappa shape index (κ1) is 18.1. The number of hydrogen-bond donors (Lipinski definition) is 3.